The van der Waals surface area contributed by atoms with Crippen molar-refractivity contribution in [2.75, 3.05) is 18.4 Å². The maximum Gasteiger partial charge on any atom is 0.348 e. The van der Waals surface area contributed by atoms with Gasteiger partial charge in [0.25, 0.3) is 0 Å². The molecule has 12 heteroatoms. The van der Waals surface area contributed by atoms with Crippen LogP contribution in [0.5, 0.6) is 0 Å². The molecule has 200 valence electrons. The van der Waals surface area contributed by atoms with Gasteiger partial charge in [-0.2, -0.15) is 13.8 Å². The van der Waals surface area contributed by atoms with Gasteiger partial charge in [0.2, 0.25) is 5.91 Å². The number of nitrogens with zero attached hydrogens (tertiary/aromatic N) is 2. The highest BCUT2D eigenvalue weighted by molar-refractivity contribution is 5.88. The second-order valence-electron chi connectivity index (χ2n) is 10.0. The van der Waals surface area contributed by atoms with E-state index in [9.17, 15) is 23.5 Å². The Kier molecular flexibility index (Phi) is 6.60. The molecule has 1 amide bonds. The zero-order chi connectivity index (χ0) is 27.3. The number of carbonyl (C=O) groups excluding carboxylic acids is 1. The number of anilines is 1. The molecule has 4 N–H and O–H groups in total. The van der Waals surface area contributed by atoms with E-state index in [2.05, 4.69) is 20.3 Å². The summed E-state index contributed by atoms with van der Waals surface area (Å²) >= 11 is 0. The minimum absolute atomic E-state index is 0.0116. The molecule has 1 aliphatic heterocycles. The molecule has 8 nitrogen and oxygen atoms in total. The zero-order valence-corrected chi connectivity index (χ0v) is 20.9. The lowest BCUT2D eigenvalue weighted by Crippen LogP contribution is -2.42. The van der Waals surface area contributed by atoms with Crippen molar-refractivity contribution in [3.8, 4) is 0 Å². The number of H-pyrrole nitrogens is 2. The summed E-state index contributed by atoms with van der Waals surface area (Å²) in [5, 5.41) is 13.1. The van der Waals surface area contributed by atoms with Gasteiger partial charge in [0.05, 0.1) is 22.7 Å². The van der Waals surface area contributed by atoms with Gasteiger partial charge in [-0.1, -0.05) is 12.1 Å². The smallest absolute Gasteiger partial charge is 0.348 e. The highest BCUT2D eigenvalue weighted by Crippen LogP contribution is 2.42. The number of hydrogen-bond acceptors (Lipinski definition) is 5. The van der Waals surface area contributed by atoms with Crippen molar-refractivity contribution in [3.63, 3.8) is 0 Å². The van der Waals surface area contributed by atoms with Crippen LogP contribution in [0.3, 0.4) is 0 Å². The van der Waals surface area contributed by atoms with Crippen LogP contribution in [0.25, 0.3) is 11.0 Å². The molecular formula is C25H29F4N5O3. The maximum absolute atomic E-state index is 15.8. The molecule has 0 spiro atoms. The Morgan fingerprint density at radius 2 is 1.89 bits per heavy atom. The van der Waals surface area contributed by atoms with Crippen molar-refractivity contribution in [2.24, 2.45) is 0 Å². The number of nitrogens with one attached hydrogen (secondary N) is 3. The number of amides is 1. The monoisotopic (exact) mass is 523 g/mol. The van der Waals surface area contributed by atoms with Gasteiger partial charge in [-0.25, -0.2) is 13.6 Å². The molecule has 2 aromatic heterocycles. The molecule has 1 atom stereocenters. The van der Waals surface area contributed by atoms with Crippen LogP contribution in [0.2, 0.25) is 0 Å². The third-order valence-electron chi connectivity index (χ3n) is 6.96. The second-order valence-corrected chi connectivity index (χ2v) is 10.0. The average molecular weight is 524 g/mol. The van der Waals surface area contributed by atoms with Gasteiger partial charge in [-0.05, 0) is 32.9 Å². The number of alkyl halides is 3. The quantitative estimate of drug-likeness (QED) is 0.361. The minimum atomic E-state index is -3.87. The SMILES string of the molecule is CC(=O)N1CCC(F)(c2cc3c(N[C@H](C)c4cccc(C(F)(F)C(C)(C)O)c4F)nc(=O)[nH]c3[nH]2)CC1. The van der Waals surface area contributed by atoms with Crippen molar-refractivity contribution in [3.05, 3.63) is 57.4 Å². The Labute approximate surface area is 210 Å². The summed E-state index contributed by atoms with van der Waals surface area (Å²) in [4.78, 5) is 34.6. The number of fused-ring (bicyclic) bond motifs is 1. The molecule has 1 aliphatic rings. The van der Waals surface area contributed by atoms with Gasteiger partial charge in [-0.15, -0.1) is 0 Å². The Hall–Kier alpha value is -3.41. The van der Waals surface area contributed by atoms with Crippen LogP contribution in [0.15, 0.2) is 29.1 Å². The van der Waals surface area contributed by atoms with Gasteiger partial charge < -0.3 is 20.3 Å². The van der Waals surface area contributed by atoms with Gasteiger partial charge >= 0.3 is 11.6 Å². The van der Waals surface area contributed by atoms with E-state index in [1.54, 1.807) is 4.90 Å². The fraction of sp³-hybridized carbons (Fsp3) is 0.480. The predicted octanol–water partition coefficient (Wildman–Crippen LogP) is 4.23. The molecule has 0 unspecified atom stereocenters. The molecule has 4 rings (SSSR count). The van der Waals surface area contributed by atoms with E-state index in [1.165, 1.54) is 32.0 Å². The molecule has 1 fully saturated rings. The number of halogens is 4. The predicted molar refractivity (Wildman–Crippen MR) is 130 cm³/mol. The molecule has 37 heavy (non-hydrogen) atoms. The summed E-state index contributed by atoms with van der Waals surface area (Å²) in [6.07, 6.45) is 0.118. The van der Waals surface area contributed by atoms with Crippen molar-refractivity contribution >= 4 is 22.8 Å². The number of aromatic nitrogens is 3. The Balaban J connectivity index is 1.67. The van der Waals surface area contributed by atoms with E-state index in [-0.39, 0.29) is 54.6 Å². The topological polar surface area (TPSA) is 114 Å². The van der Waals surface area contributed by atoms with E-state index in [0.29, 0.717) is 5.39 Å². The molecule has 3 heterocycles. The van der Waals surface area contributed by atoms with Gasteiger partial charge in [0.1, 0.15) is 22.9 Å². The summed E-state index contributed by atoms with van der Waals surface area (Å²) < 4.78 is 60.4. The van der Waals surface area contributed by atoms with Crippen molar-refractivity contribution in [2.45, 2.75) is 63.8 Å². The standard InChI is InChI=1S/C25H29F4N5O3/c1-13(15-6-5-7-17(19(15)26)25(28,29)23(3,4)37)30-20-16-12-18(31-21(16)33-22(36)32-20)24(27)8-10-34(11-9-24)14(2)35/h5-7,12-13,37H,8-11H2,1-4H3,(H3,30,31,32,33,36)/t13-/m1/s1. The summed E-state index contributed by atoms with van der Waals surface area (Å²) in [6, 6.07) is 4.03. The normalized spacial score (nSPS) is 17.2. The highest BCUT2D eigenvalue weighted by Gasteiger charge is 2.49. The molecule has 0 bridgehead atoms. The highest BCUT2D eigenvalue weighted by atomic mass is 19.3. The van der Waals surface area contributed by atoms with Crippen LogP contribution < -0.4 is 11.0 Å². The molecule has 0 aliphatic carbocycles. The summed E-state index contributed by atoms with van der Waals surface area (Å²) in [7, 11) is 0. The van der Waals surface area contributed by atoms with E-state index in [1.807, 2.05) is 0 Å². The number of hydrogen-bond donors (Lipinski definition) is 4. The first-order valence-electron chi connectivity index (χ1n) is 11.9. The number of likely N-dealkylation sites (tertiary alicyclic amines) is 1. The fourth-order valence-electron chi connectivity index (χ4n) is 4.57. The minimum Gasteiger partial charge on any atom is -0.384 e. The summed E-state index contributed by atoms with van der Waals surface area (Å²) in [6.45, 7) is 5.19. The number of benzene rings is 1. The lowest BCUT2D eigenvalue weighted by atomic mass is 9.90. The number of aliphatic hydroxyl groups is 1. The van der Waals surface area contributed by atoms with Crippen LogP contribution in [0, 0.1) is 5.82 Å². The Morgan fingerprint density at radius 3 is 2.49 bits per heavy atom. The van der Waals surface area contributed by atoms with E-state index >= 15 is 8.78 Å². The largest absolute Gasteiger partial charge is 0.384 e. The van der Waals surface area contributed by atoms with Crippen LogP contribution in [0.4, 0.5) is 23.4 Å². The van der Waals surface area contributed by atoms with Crippen LogP contribution in [0.1, 0.15) is 63.4 Å². The fourth-order valence-corrected chi connectivity index (χ4v) is 4.57. The zero-order valence-electron chi connectivity index (χ0n) is 20.9. The van der Waals surface area contributed by atoms with Crippen molar-refractivity contribution < 1.29 is 27.5 Å². The lowest BCUT2D eigenvalue weighted by Gasteiger charge is -2.35. The van der Waals surface area contributed by atoms with Gasteiger partial charge in [0.15, 0.2) is 5.67 Å². The molecule has 0 radical (unpaired) electrons. The van der Waals surface area contributed by atoms with E-state index in [0.717, 1.165) is 19.9 Å². The third-order valence-corrected chi connectivity index (χ3v) is 6.96. The van der Waals surface area contributed by atoms with Crippen molar-refractivity contribution in [1.29, 1.82) is 0 Å². The summed E-state index contributed by atoms with van der Waals surface area (Å²) in [5.41, 5.74) is -5.73. The first kappa shape index (κ1) is 26.6. The Bertz CT molecular complexity index is 1390. The number of piperidine rings is 1. The molecule has 1 aromatic carbocycles. The van der Waals surface area contributed by atoms with Gasteiger partial charge in [0, 0.05) is 38.4 Å². The number of rotatable bonds is 6. The summed E-state index contributed by atoms with van der Waals surface area (Å²) in [5.74, 6) is -5.20. The van der Waals surface area contributed by atoms with E-state index in [4.69, 9.17) is 0 Å². The molecule has 3 aromatic rings. The average Bonchev–Trinajstić information content (AvgIpc) is 3.23. The first-order chi connectivity index (χ1) is 17.1. The van der Waals surface area contributed by atoms with Gasteiger partial charge in [-0.3, -0.25) is 9.78 Å². The van der Waals surface area contributed by atoms with Crippen LogP contribution >= 0.6 is 0 Å². The molecular weight excluding hydrogens is 494 g/mol. The third kappa shape index (κ3) is 4.81. The first-order valence-corrected chi connectivity index (χ1v) is 11.9. The van der Waals surface area contributed by atoms with Crippen LogP contribution in [-0.2, 0) is 16.4 Å². The number of carbonyl (C=O) groups is 1. The lowest BCUT2D eigenvalue weighted by molar-refractivity contribution is -0.170. The van der Waals surface area contributed by atoms with E-state index < -0.39 is 40.3 Å². The maximum atomic E-state index is 15.8. The molecule has 0 saturated carbocycles. The Morgan fingerprint density at radius 1 is 1.24 bits per heavy atom. The van der Waals surface area contributed by atoms with Crippen LogP contribution in [-0.4, -0.2) is 49.6 Å². The molecule has 1 saturated heterocycles. The van der Waals surface area contributed by atoms with Crippen molar-refractivity contribution in [1.82, 2.24) is 19.9 Å². The number of aromatic amines is 2. The second kappa shape index (κ2) is 9.16.